The predicted octanol–water partition coefficient (Wildman–Crippen LogP) is 0.776. The monoisotopic (exact) mass is 235 g/mol. The Labute approximate surface area is 102 Å². The smallest absolute Gasteiger partial charge is 0.149 e. The van der Waals surface area contributed by atoms with Crippen LogP contribution in [0.25, 0.3) is 0 Å². The standard InChI is InChI=1S/C12H21N5/c1-3-16-6-7-17(8-9(16)2)11-5-4-10(13)12(14)15-11/h4-5,9H,3,6-8,13H2,1-2H3,(H2,14,15). The zero-order valence-corrected chi connectivity index (χ0v) is 10.6. The molecule has 0 aromatic carbocycles. The summed E-state index contributed by atoms with van der Waals surface area (Å²) in [6.07, 6.45) is 0. The largest absolute Gasteiger partial charge is 0.396 e. The van der Waals surface area contributed by atoms with E-state index in [1.807, 2.05) is 12.1 Å². The highest BCUT2D eigenvalue weighted by molar-refractivity contribution is 5.62. The van der Waals surface area contributed by atoms with Crippen LogP contribution in [0.2, 0.25) is 0 Å². The minimum atomic E-state index is 0.424. The van der Waals surface area contributed by atoms with Gasteiger partial charge >= 0.3 is 0 Å². The van der Waals surface area contributed by atoms with Gasteiger partial charge in [0.2, 0.25) is 0 Å². The summed E-state index contributed by atoms with van der Waals surface area (Å²) < 4.78 is 0. The molecule has 94 valence electrons. The van der Waals surface area contributed by atoms with E-state index in [0.717, 1.165) is 32.0 Å². The highest BCUT2D eigenvalue weighted by Crippen LogP contribution is 2.21. The Kier molecular flexibility index (Phi) is 3.38. The molecule has 1 aliphatic rings. The summed E-state index contributed by atoms with van der Waals surface area (Å²) in [7, 11) is 0. The first-order valence-corrected chi connectivity index (χ1v) is 6.12. The predicted molar refractivity (Wildman–Crippen MR) is 72.0 cm³/mol. The molecule has 1 aromatic heterocycles. The molecule has 0 spiro atoms. The molecule has 2 rings (SSSR count). The van der Waals surface area contributed by atoms with E-state index in [1.54, 1.807) is 0 Å². The first-order chi connectivity index (χ1) is 8.11. The summed E-state index contributed by atoms with van der Waals surface area (Å²) in [5.74, 6) is 1.35. The summed E-state index contributed by atoms with van der Waals surface area (Å²) >= 11 is 0. The number of hydrogen-bond donors (Lipinski definition) is 2. The summed E-state index contributed by atoms with van der Waals surface area (Å²) in [5, 5.41) is 0. The molecule has 1 atom stereocenters. The third-order valence-electron chi connectivity index (χ3n) is 3.44. The molecule has 1 fully saturated rings. The number of nitrogens with zero attached hydrogens (tertiary/aromatic N) is 3. The van der Waals surface area contributed by atoms with Crippen LogP contribution in [0.5, 0.6) is 0 Å². The SMILES string of the molecule is CCN1CCN(c2ccc(N)c(N)n2)CC1C. The van der Waals surface area contributed by atoms with E-state index in [4.69, 9.17) is 11.5 Å². The van der Waals surface area contributed by atoms with Crippen molar-refractivity contribution in [3.63, 3.8) is 0 Å². The molecule has 1 unspecified atom stereocenters. The lowest BCUT2D eigenvalue weighted by atomic mass is 10.2. The number of nitrogens with two attached hydrogens (primary N) is 2. The summed E-state index contributed by atoms with van der Waals surface area (Å²) in [5.41, 5.74) is 12.0. The Morgan fingerprint density at radius 2 is 2.12 bits per heavy atom. The van der Waals surface area contributed by atoms with Gasteiger partial charge in [0.25, 0.3) is 0 Å². The maximum absolute atomic E-state index is 5.74. The molecule has 1 aliphatic heterocycles. The molecule has 0 bridgehead atoms. The van der Waals surface area contributed by atoms with Crippen LogP contribution in [-0.4, -0.2) is 42.1 Å². The van der Waals surface area contributed by atoms with Crippen molar-refractivity contribution in [3.8, 4) is 0 Å². The number of nitrogen functional groups attached to an aromatic ring is 2. The second kappa shape index (κ2) is 4.79. The van der Waals surface area contributed by atoms with Crippen molar-refractivity contribution in [2.45, 2.75) is 19.9 Å². The lowest BCUT2D eigenvalue weighted by Crippen LogP contribution is -2.52. The molecular formula is C12H21N5. The van der Waals surface area contributed by atoms with Gasteiger partial charge in [-0.1, -0.05) is 6.92 Å². The molecule has 1 aromatic rings. The molecule has 5 nitrogen and oxygen atoms in total. The van der Waals surface area contributed by atoms with Crippen molar-refractivity contribution in [1.29, 1.82) is 0 Å². The summed E-state index contributed by atoms with van der Waals surface area (Å²) in [4.78, 5) is 9.08. The minimum absolute atomic E-state index is 0.424. The van der Waals surface area contributed by atoms with Crippen LogP contribution in [0, 0.1) is 0 Å². The fourth-order valence-electron chi connectivity index (χ4n) is 2.32. The van der Waals surface area contributed by atoms with E-state index in [-0.39, 0.29) is 0 Å². The van der Waals surface area contributed by atoms with E-state index in [0.29, 0.717) is 17.5 Å². The molecule has 0 aliphatic carbocycles. The van der Waals surface area contributed by atoms with Crippen molar-refractivity contribution in [1.82, 2.24) is 9.88 Å². The number of hydrogen-bond acceptors (Lipinski definition) is 5. The number of pyridine rings is 1. The van der Waals surface area contributed by atoms with Crippen LogP contribution >= 0.6 is 0 Å². The fraction of sp³-hybridized carbons (Fsp3) is 0.583. The molecule has 2 heterocycles. The lowest BCUT2D eigenvalue weighted by Gasteiger charge is -2.40. The molecule has 5 heteroatoms. The second-order valence-electron chi connectivity index (χ2n) is 4.57. The van der Waals surface area contributed by atoms with E-state index < -0.39 is 0 Å². The molecular weight excluding hydrogens is 214 g/mol. The van der Waals surface area contributed by atoms with E-state index in [2.05, 4.69) is 28.6 Å². The van der Waals surface area contributed by atoms with Gasteiger partial charge in [-0.3, -0.25) is 4.90 Å². The van der Waals surface area contributed by atoms with Crippen LogP contribution in [0.15, 0.2) is 12.1 Å². The zero-order chi connectivity index (χ0) is 12.4. The first kappa shape index (κ1) is 12.0. The van der Waals surface area contributed by atoms with Crippen molar-refractivity contribution in [3.05, 3.63) is 12.1 Å². The van der Waals surface area contributed by atoms with Crippen molar-refractivity contribution in [2.24, 2.45) is 0 Å². The van der Waals surface area contributed by atoms with Crippen molar-refractivity contribution < 1.29 is 0 Å². The molecule has 0 saturated carbocycles. The number of rotatable bonds is 2. The van der Waals surface area contributed by atoms with Gasteiger partial charge in [0.15, 0.2) is 0 Å². The van der Waals surface area contributed by atoms with Crippen molar-refractivity contribution in [2.75, 3.05) is 42.5 Å². The Morgan fingerprint density at radius 1 is 1.35 bits per heavy atom. The maximum atomic E-state index is 5.74. The van der Waals surface area contributed by atoms with Gasteiger partial charge in [-0.05, 0) is 25.6 Å². The Morgan fingerprint density at radius 3 is 2.71 bits per heavy atom. The molecule has 4 N–H and O–H groups in total. The van der Waals surface area contributed by atoms with Gasteiger partial charge in [-0.2, -0.15) is 0 Å². The second-order valence-corrected chi connectivity index (χ2v) is 4.57. The Bertz CT molecular complexity index is 392. The number of anilines is 3. The Balaban J connectivity index is 2.11. The van der Waals surface area contributed by atoms with E-state index in [9.17, 15) is 0 Å². The van der Waals surface area contributed by atoms with Gasteiger partial charge in [0.1, 0.15) is 11.6 Å². The van der Waals surface area contributed by atoms with Crippen molar-refractivity contribution >= 4 is 17.3 Å². The molecule has 0 amide bonds. The first-order valence-electron chi connectivity index (χ1n) is 6.12. The molecule has 17 heavy (non-hydrogen) atoms. The lowest BCUT2D eigenvalue weighted by molar-refractivity contribution is 0.199. The number of likely N-dealkylation sites (N-methyl/N-ethyl adjacent to an activating group) is 1. The fourth-order valence-corrected chi connectivity index (χ4v) is 2.32. The quantitative estimate of drug-likeness (QED) is 0.792. The van der Waals surface area contributed by atoms with Crippen LogP contribution in [0.1, 0.15) is 13.8 Å². The minimum Gasteiger partial charge on any atom is -0.396 e. The maximum Gasteiger partial charge on any atom is 0.149 e. The normalized spacial score (nSPS) is 21.8. The third-order valence-corrected chi connectivity index (χ3v) is 3.44. The Hall–Kier alpha value is -1.49. The zero-order valence-electron chi connectivity index (χ0n) is 10.6. The third kappa shape index (κ3) is 2.44. The van der Waals surface area contributed by atoms with E-state index in [1.165, 1.54) is 0 Å². The van der Waals surface area contributed by atoms with Gasteiger partial charge in [0.05, 0.1) is 5.69 Å². The van der Waals surface area contributed by atoms with Crippen LogP contribution in [0.4, 0.5) is 17.3 Å². The highest BCUT2D eigenvalue weighted by atomic mass is 15.3. The van der Waals surface area contributed by atoms with Gasteiger partial charge in [-0.25, -0.2) is 4.98 Å². The average molecular weight is 235 g/mol. The molecule has 0 radical (unpaired) electrons. The summed E-state index contributed by atoms with van der Waals surface area (Å²) in [6, 6.07) is 4.32. The molecule has 1 saturated heterocycles. The van der Waals surface area contributed by atoms with Crippen LogP contribution in [0.3, 0.4) is 0 Å². The number of piperazine rings is 1. The van der Waals surface area contributed by atoms with Gasteiger partial charge in [-0.15, -0.1) is 0 Å². The van der Waals surface area contributed by atoms with Crippen LogP contribution < -0.4 is 16.4 Å². The topological polar surface area (TPSA) is 71.4 Å². The number of aromatic nitrogens is 1. The van der Waals surface area contributed by atoms with E-state index >= 15 is 0 Å². The summed E-state index contributed by atoms with van der Waals surface area (Å²) in [6.45, 7) is 8.61. The van der Waals surface area contributed by atoms with Gasteiger partial charge in [0, 0.05) is 25.7 Å². The van der Waals surface area contributed by atoms with Crippen LogP contribution in [-0.2, 0) is 0 Å². The average Bonchev–Trinajstić information content (AvgIpc) is 2.32. The van der Waals surface area contributed by atoms with Gasteiger partial charge < -0.3 is 16.4 Å². The highest BCUT2D eigenvalue weighted by Gasteiger charge is 2.23.